The summed E-state index contributed by atoms with van der Waals surface area (Å²) in [5, 5.41) is 2.73. The van der Waals surface area contributed by atoms with Gasteiger partial charge in [0.2, 0.25) is 0 Å². The Labute approximate surface area is 125 Å². The third kappa shape index (κ3) is 2.91. The van der Waals surface area contributed by atoms with Gasteiger partial charge in [-0.2, -0.15) is 0 Å². The monoisotopic (exact) mass is 310 g/mol. The lowest BCUT2D eigenvalue weighted by atomic mass is 10.1. The second-order valence-corrected chi connectivity index (χ2v) is 5.26. The number of halogens is 2. The summed E-state index contributed by atoms with van der Waals surface area (Å²) in [4.78, 5) is 1.02. The maximum Gasteiger partial charge on any atom is 0.149 e. The maximum atomic E-state index is 13.7. The molecule has 0 saturated heterocycles. The average molecular weight is 310 g/mol. The number of rotatable bonds is 4. The Balaban J connectivity index is 2.51. The molecule has 2 aromatic carbocycles. The molecule has 0 radical (unpaired) electrons. The van der Waals surface area contributed by atoms with E-state index < -0.39 is 11.6 Å². The fraction of sp³-hybridized carbons (Fsp3) is 0.0714. The zero-order valence-electron chi connectivity index (χ0n) is 10.6. The summed E-state index contributed by atoms with van der Waals surface area (Å²) in [6.07, 6.45) is 1.88. The third-order valence-corrected chi connectivity index (χ3v) is 3.70. The Morgan fingerprint density at radius 3 is 2.30 bits per heavy atom. The largest absolute Gasteiger partial charge is 0.389 e. The van der Waals surface area contributed by atoms with Crippen LogP contribution in [0.5, 0.6) is 0 Å². The highest BCUT2D eigenvalue weighted by Gasteiger charge is 2.14. The molecule has 0 aromatic heterocycles. The van der Waals surface area contributed by atoms with E-state index in [2.05, 4.69) is 5.32 Å². The molecule has 0 amide bonds. The number of para-hydroxylation sites is 1. The van der Waals surface area contributed by atoms with Crippen LogP contribution in [0, 0.1) is 11.6 Å². The molecule has 0 heterocycles. The fourth-order valence-electron chi connectivity index (χ4n) is 1.81. The quantitative estimate of drug-likeness (QED) is 0.659. The average Bonchev–Trinajstić information content (AvgIpc) is 2.42. The molecule has 0 aliphatic rings. The molecule has 3 N–H and O–H groups in total. The molecule has 0 saturated carbocycles. The third-order valence-electron chi connectivity index (χ3n) is 2.71. The van der Waals surface area contributed by atoms with E-state index in [9.17, 15) is 8.78 Å². The first-order valence-electron chi connectivity index (χ1n) is 5.72. The van der Waals surface area contributed by atoms with Gasteiger partial charge in [0, 0.05) is 10.5 Å². The molecule has 2 aromatic rings. The highest BCUT2D eigenvalue weighted by Crippen LogP contribution is 2.31. The maximum absolute atomic E-state index is 13.7. The second kappa shape index (κ2) is 6.19. The van der Waals surface area contributed by atoms with Crippen molar-refractivity contribution in [1.29, 1.82) is 0 Å². The SMILES string of the molecule is CSc1cccc(Nc2c(F)cccc2F)c1C(N)=S. The van der Waals surface area contributed by atoms with Crippen molar-refractivity contribution in [3.05, 3.63) is 53.6 Å². The van der Waals surface area contributed by atoms with Gasteiger partial charge in [0.15, 0.2) is 0 Å². The molecule has 0 atom stereocenters. The predicted molar refractivity (Wildman–Crippen MR) is 83.8 cm³/mol. The molecule has 0 aliphatic carbocycles. The lowest BCUT2D eigenvalue weighted by Crippen LogP contribution is -2.14. The van der Waals surface area contributed by atoms with Crippen LogP contribution in [-0.2, 0) is 0 Å². The molecule has 0 aliphatic heterocycles. The molecule has 0 spiro atoms. The molecule has 2 nitrogen and oxygen atoms in total. The summed E-state index contributed by atoms with van der Waals surface area (Å²) in [5.74, 6) is -1.35. The van der Waals surface area contributed by atoms with Crippen LogP contribution in [0.15, 0.2) is 41.3 Å². The van der Waals surface area contributed by atoms with E-state index in [1.54, 1.807) is 12.1 Å². The van der Waals surface area contributed by atoms with Crippen molar-refractivity contribution in [2.45, 2.75) is 4.90 Å². The van der Waals surface area contributed by atoms with E-state index in [4.69, 9.17) is 18.0 Å². The summed E-state index contributed by atoms with van der Waals surface area (Å²) in [5.41, 5.74) is 6.55. The van der Waals surface area contributed by atoms with Gasteiger partial charge in [-0.1, -0.05) is 24.4 Å². The Morgan fingerprint density at radius 1 is 1.15 bits per heavy atom. The summed E-state index contributed by atoms with van der Waals surface area (Å²) in [6, 6.07) is 8.98. The molecule has 0 bridgehead atoms. The Morgan fingerprint density at radius 2 is 1.75 bits per heavy atom. The zero-order valence-corrected chi connectivity index (χ0v) is 12.2. The van der Waals surface area contributed by atoms with E-state index in [-0.39, 0.29) is 10.7 Å². The molecular weight excluding hydrogens is 298 g/mol. The van der Waals surface area contributed by atoms with Gasteiger partial charge in [-0.3, -0.25) is 0 Å². The van der Waals surface area contributed by atoms with E-state index in [0.29, 0.717) is 11.3 Å². The fourth-order valence-corrected chi connectivity index (χ4v) is 2.73. The van der Waals surface area contributed by atoms with Gasteiger partial charge in [-0.15, -0.1) is 11.8 Å². The molecule has 104 valence electrons. The first-order valence-corrected chi connectivity index (χ1v) is 7.35. The van der Waals surface area contributed by atoms with Crippen molar-refractivity contribution in [3.8, 4) is 0 Å². The summed E-state index contributed by atoms with van der Waals surface area (Å²) in [7, 11) is 0. The van der Waals surface area contributed by atoms with Crippen LogP contribution in [0.3, 0.4) is 0 Å². The van der Waals surface area contributed by atoms with E-state index in [1.807, 2.05) is 12.3 Å². The van der Waals surface area contributed by atoms with Crippen molar-refractivity contribution in [3.63, 3.8) is 0 Å². The molecule has 20 heavy (non-hydrogen) atoms. The van der Waals surface area contributed by atoms with E-state index in [1.165, 1.54) is 30.0 Å². The van der Waals surface area contributed by atoms with Gasteiger partial charge in [-0.25, -0.2) is 8.78 Å². The lowest BCUT2D eigenvalue weighted by molar-refractivity contribution is 0.591. The van der Waals surface area contributed by atoms with Crippen molar-refractivity contribution < 1.29 is 8.78 Å². The summed E-state index contributed by atoms with van der Waals surface area (Å²) in [6.45, 7) is 0. The van der Waals surface area contributed by atoms with Crippen molar-refractivity contribution >= 4 is 40.3 Å². The predicted octanol–water partition coefficient (Wildman–Crippen LogP) is 4.06. The summed E-state index contributed by atoms with van der Waals surface area (Å²) >= 11 is 6.48. The number of anilines is 2. The number of nitrogens with two attached hydrogens (primary N) is 1. The van der Waals surface area contributed by atoms with Gasteiger partial charge in [-0.05, 0) is 30.5 Å². The highest BCUT2D eigenvalue weighted by atomic mass is 32.2. The van der Waals surface area contributed by atoms with Crippen LogP contribution in [0.25, 0.3) is 0 Å². The summed E-state index contributed by atoms with van der Waals surface area (Å²) < 4.78 is 27.4. The minimum absolute atomic E-state index is 0.175. The lowest BCUT2D eigenvalue weighted by Gasteiger charge is -2.15. The number of hydrogen-bond acceptors (Lipinski definition) is 3. The number of hydrogen-bond donors (Lipinski definition) is 2. The van der Waals surface area contributed by atoms with Crippen molar-refractivity contribution in [2.75, 3.05) is 11.6 Å². The number of nitrogens with one attached hydrogen (secondary N) is 1. The van der Waals surface area contributed by atoms with Crippen LogP contribution in [0.4, 0.5) is 20.2 Å². The zero-order chi connectivity index (χ0) is 14.7. The smallest absolute Gasteiger partial charge is 0.149 e. The molecule has 0 unspecified atom stereocenters. The van der Waals surface area contributed by atoms with Gasteiger partial charge >= 0.3 is 0 Å². The van der Waals surface area contributed by atoms with Crippen LogP contribution >= 0.6 is 24.0 Å². The Hall–Kier alpha value is -1.66. The first kappa shape index (κ1) is 14.7. The van der Waals surface area contributed by atoms with Gasteiger partial charge < -0.3 is 11.1 Å². The normalized spacial score (nSPS) is 10.3. The van der Waals surface area contributed by atoms with Crippen LogP contribution in [0.1, 0.15) is 5.56 Å². The second-order valence-electron chi connectivity index (χ2n) is 3.97. The standard InChI is InChI=1S/C14H12F2N2S2/c1-20-11-7-3-6-10(12(11)14(17)19)18-13-8(15)4-2-5-9(13)16/h2-7,18H,1H3,(H2,17,19). The Bertz CT molecular complexity index is 639. The van der Waals surface area contributed by atoms with Crippen LogP contribution in [-0.4, -0.2) is 11.2 Å². The van der Waals surface area contributed by atoms with Gasteiger partial charge in [0.1, 0.15) is 22.3 Å². The topological polar surface area (TPSA) is 38.0 Å². The Kier molecular flexibility index (Phi) is 4.57. The van der Waals surface area contributed by atoms with Gasteiger partial charge in [0.25, 0.3) is 0 Å². The number of thioether (sulfide) groups is 1. The molecule has 6 heteroatoms. The first-order chi connectivity index (χ1) is 9.54. The van der Waals surface area contributed by atoms with Crippen LogP contribution in [0.2, 0.25) is 0 Å². The van der Waals surface area contributed by atoms with Crippen molar-refractivity contribution in [1.82, 2.24) is 0 Å². The van der Waals surface area contributed by atoms with E-state index in [0.717, 1.165) is 4.90 Å². The number of thiocarbonyl (C=S) groups is 1. The minimum atomic E-state index is -0.673. The number of benzene rings is 2. The molecule has 0 fully saturated rings. The van der Waals surface area contributed by atoms with Crippen LogP contribution < -0.4 is 11.1 Å². The highest BCUT2D eigenvalue weighted by molar-refractivity contribution is 7.98. The molecular formula is C14H12F2N2S2. The molecule has 2 rings (SSSR count). The minimum Gasteiger partial charge on any atom is -0.389 e. The van der Waals surface area contributed by atoms with E-state index >= 15 is 0 Å². The van der Waals surface area contributed by atoms with Gasteiger partial charge in [0.05, 0.1) is 5.69 Å². The van der Waals surface area contributed by atoms with Crippen molar-refractivity contribution in [2.24, 2.45) is 5.73 Å².